The number of aliphatic hydroxyl groups excluding tert-OH is 1. The largest absolute Gasteiger partial charge is 0.387 e. The van der Waals surface area contributed by atoms with E-state index in [1.807, 2.05) is 0 Å². The summed E-state index contributed by atoms with van der Waals surface area (Å²) >= 11 is 5.76. The zero-order valence-electron chi connectivity index (χ0n) is 11.4. The summed E-state index contributed by atoms with van der Waals surface area (Å²) in [6.45, 7) is 1.66. The zero-order chi connectivity index (χ0) is 15.4. The van der Waals surface area contributed by atoms with Gasteiger partial charge in [-0.1, -0.05) is 29.8 Å². The van der Waals surface area contributed by atoms with Crippen molar-refractivity contribution in [3.05, 3.63) is 70.0 Å². The first kappa shape index (κ1) is 15.5. The molecule has 0 aromatic heterocycles. The molecule has 2 N–H and O–H groups in total. The summed E-state index contributed by atoms with van der Waals surface area (Å²) in [5, 5.41) is 13.1. The van der Waals surface area contributed by atoms with Crippen LogP contribution in [0.25, 0.3) is 0 Å². The zero-order valence-corrected chi connectivity index (χ0v) is 12.2. The van der Waals surface area contributed by atoms with Crippen LogP contribution in [-0.2, 0) is 0 Å². The van der Waals surface area contributed by atoms with E-state index in [9.17, 15) is 14.3 Å². The number of aryl methyl sites for hydroxylation is 1. The third kappa shape index (κ3) is 4.03. The van der Waals surface area contributed by atoms with Crippen molar-refractivity contribution < 1.29 is 14.3 Å². The normalized spacial score (nSPS) is 12.0. The van der Waals surface area contributed by atoms with Gasteiger partial charge in [-0.25, -0.2) is 4.39 Å². The highest BCUT2D eigenvalue weighted by atomic mass is 35.5. The molecule has 1 amide bonds. The van der Waals surface area contributed by atoms with Crippen LogP contribution in [-0.4, -0.2) is 17.6 Å². The fraction of sp³-hybridized carbons (Fsp3) is 0.188. The van der Waals surface area contributed by atoms with Crippen LogP contribution < -0.4 is 5.32 Å². The third-order valence-corrected chi connectivity index (χ3v) is 3.40. The van der Waals surface area contributed by atoms with Crippen molar-refractivity contribution in [3.63, 3.8) is 0 Å². The van der Waals surface area contributed by atoms with E-state index in [1.54, 1.807) is 43.3 Å². The molecule has 0 aliphatic heterocycles. The second-order valence-corrected chi connectivity index (χ2v) is 5.18. The van der Waals surface area contributed by atoms with Crippen LogP contribution in [0.3, 0.4) is 0 Å². The average Bonchev–Trinajstić information content (AvgIpc) is 2.48. The smallest absolute Gasteiger partial charge is 0.251 e. The molecule has 0 saturated carbocycles. The Morgan fingerprint density at radius 1 is 1.29 bits per heavy atom. The molecule has 2 aromatic carbocycles. The Kier molecular flexibility index (Phi) is 4.94. The van der Waals surface area contributed by atoms with Crippen LogP contribution in [0.4, 0.5) is 4.39 Å². The van der Waals surface area contributed by atoms with Crippen LogP contribution in [0.5, 0.6) is 0 Å². The third-order valence-electron chi connectivity index (χ3n) is 3.14. The molecule has 2 aromatic rings. The number of rotatable bonds is 4. The van der Waals surface area contributed by atoms with Crippen molar-refractivity contribution in [2.45, 2.75) is 13.0 Å². The van der Waals surface area contributed by atoms with Crippen molar-refractivity contribution in [1.82, 2.24) is 5.32 Å². The van der Waals surface area contributed by atoms with Gasteiger partial charge in [-0.3, -0.25) is 4.79 Å². The molecule has 1 atom stereocenters. The van der Waals surface area contributed by atoms with Gasteiger partial charge in [0.15, 0.2) is 0 Å². The molecule has 0 aliphatic rings. The predicted octanol–water partition coefficient (Wildman–Crippen LogP) is 3.25. The van der Waals surface area contributed by atoms with Gasteiger partial charge < -0.3 is 10.4 Å². The average molecular weight is 308 g/mol. The van der Waals surface area contributed by atoms with Gasteiger partial charge >= 0.3 is 0 Å². The van der Waals surface area contributed by atoms with E-state index < -0.39 is 17.8 Å². The summed E-state index contributed by atoms with van der Waals surface area (Å²) < 4.78 is 13.4. The van der Waals surface area contributed by atoms with Crippen molar-refractivity contribution in [2.75, 3.05) is 6.54 Å². The number of hydrogen-bond donors (Lipinski definition) is 2. The predicted molar refractivity (Wildman–Crippen MR) is 79.9 cm³/mol. The highest BCUT2D eigenvalue weighted by Gasteiger charge is 2.12. The maximum Gasteiger partial charge on any atom is 0.251 e. The van der Waals surface area contributed by atoms with E-state index in [4.69, 9.17) is 11.6 Å². The first-order valence-electron chi connectivity index (χ1n) is 6.45. The van der Waals surface area contributed by atoms with Gasteiger partial charge in [0.2, 0.25) is 0 Å². The fourth-order valence-corrected chi connectivity index (χ4v) is 1.95. The number of nitrogens with one attached hydrogen (secondary N) is 1. The Bertz CT molecular complexity index is 643. The number of carbonyl (C=O) groups excluding carboxylic acids is 1. The van der Waals surface area contributed by atoms with Crippen molar-refractivity contribution in [1.29, 1.82) is 0 Å². The van der Waals surface area contributed by atoms with Gasteiger partial charge in [-0.15, -0.1) is 0 Å². The Balaban J connectivity index is 1.97. The number of hydrogen-bond acceptors (Lipinski definition) is 2. The molecule has 0 spiro atoms. The van der Waals surface area contributed by atoms with Gasteiger partial charge in [-0.2, -0.15) is 0 Å². The van der Waals surface area contributed by atoms with E-state index in [2.05, 4.69) is 5.32 Å². The lowest BCUT2D eigenvalue weighted by Crippen LogP contribution is -2.28. The molecule has 5 heteroatoms. The quantitative estimate of drug-likeness (QED) is 0.911. The molecule has 0 bridgehead atoms. The minimum absolute atomic E-state index is 0.0377. The Labute approximate surface area is 127 Å². The van der Waals surface area contributed by atoms with Gasteiger partial charge in [0, 0.05) is 17.1 Å². The molecule has 110 valence electrons. The van der Waals surface area contributed by atoms with Crippen LogP contribution in [0.15, 0.2) is 42.5 Å². The van der Waals surface area contributed by atoms with E-state index in [1.165, 1.54) is 6.07 Å². The minimum Gasteiger partial charge on any atom is -0.387 e. The number of amides is 1. The van der Waals surface area contributed by atoms with Gasteiger partial charge in [0.25, 0.3) is 5.91 Å². The lowest BCUT2D eigenvalue weighted by Gasteiger charge is -2.12. The van der Waals surface area contributed by atoms with Gasteiger partial charge in [0.1, 0.15) is 5.82 Å². The van der Waals surface area contributed by atoms with Gasteiger partial charge in [0.05, 0.1) is 6.10 Å². The summed E-state index contributed by atoms with van der Waals surface area (Å²) in [7, 11) is 0. The summed E-state index contributed by atoms with van der Waals surface area (Å²) in [6, 6.07) is 11.0. The highest BCUT2D eigenvalue weighted by molar-refractivity contribution is 6.30. The standard InChI is InChI=1S/C16H15ClFNO2/c1-10-2-3-12(8-14(10)18)16(21)19-9-15(20)11-4-6-13(17)7-5-11/h2-8,15,20H,9H2,1H3,(H,19,21). The van der Waals surface area contributed by atoms with Crippen LogP contribution in [0.1, 0.15) is 27.6 Å². The SMILES string of the molecule is Cc1ccc(C(=O)NCC(O)c2ccc(Cl)cc2)cc1F. The summed E-state index contributed by atoms with van der Waals surface area (Å²) in [6.07, 6.45) is -0.846. The molecule has 0 heterocycles. The first-order chi connectivity index (χ1) is 9.97. The van der Waals surface area contributed by atoms with Crippen molar-refractivity contribution in [2.24, 2.45) is 0 Å². The lowest BCUT2D eigenvalue weighted by molar-refractivity contribution is 0.0916. The number of carbonyl (C=O) groups is 1. The highest BCUT2D eigenvalue weighted by Crippen LogP contribution is 2.16. The molecule has 0 radical (unpaired) electrons. The molecule has 0 fully saturated rings. The summed E-state index contributed by atoms with van der Waals surface area (Å²) in [5.74, 6) is -0.859. The summed E-state index contributed by atoms with van der Waals surface area (Å²) in [4.78, 5) is 11.9. The molecular weight excluding hydrogens is 293 g/mol. The monoisotopic (exact) mass is 307 g/mol. The fourth-order valence-electron chi connectivity index (χ4n) is 1.83. The van der Waals surface area contributed by atoms with E-state index in [-0.39, 0.29) is 12.1 Å². The molecule has 0 aliphatic carbocycles. The molecule has 1 unspecified atom stereocenters. The van der Waals surface area contributed by atoms with Crippen LogP contribution in [0, 0.1) is 12.7 Å². The minimum atomic E-state index is -0.846. The first-order valence-corrected chi connectivity index (χ1v) is 6.83. The topological polar surface area (TPSA) is 49.3 Å². The maximum absolute atomic E-state index is 13.4. The number of aliphatic hydroxyl groups is 1. The van der Waals surface area contributed by atoms with Crippen molar-refractivity contribution in [3.8, 4) is 0 Å². The van der Waals surface area contributed by atoms with Crippen LogP contribution >= 0.6 is 11.6 Å². The maximum atomic E-state index is 13.4. The van der Waals surface area contributed by atoms with Crippen LogP contribution in [0.2, 0.25) is 5.02 Å². The molecule has 3 nitrogen and oxygen atoms in total. The Morgan fingerprint density at radius 3 is 2.57 bits per heavy atom. The summed E-state index contributed by atoms with van der Waals surface area (Å²) in [5.41, 5.74) is 1.35. The second-order valence-electron chi connectivity index (χ2n) is 4.74. The van der Waals surface area contributed by atoms with E-state index in [0.29, 0.717) is 16.1 Å². The van der Waals surface area contributed by atoms with Gasteiger partial charge in [-0.05, 0) is 42.3 Å². The molecule has 21 heavy (non-hydrogen) atoms. The molecular formula is C16H15ClFNO2. The Morgan fingerprint density at radius 2 is 1.95 bits per heavy atom. The van der Waals surface area contributed by atoms with Crippen molar-refractivity contribution >= 4 is 17.5 Å². The van der Waals surface area contributed by atoms with E-state index >= 15 is 0 Å². The molecule has 2 rings (SSSR count). The molecule has 0 saturated heterocycles. The number of benzene rings is 2. The Hall–Kier alpha value is -1.91. The van der Waals surface area contributed by atoms with E-state index in [0.717, 1.165) is 0 Å². The lowest BCUT2D eigenvalue weighted by atomic mass is 10.1. The second kappa shape index (κ2) is 6.70. The number of halogens is 2.